The van der Waals surface area contributed by atoms with Crippen molar-refractivity contribution in [3.05, 3.63) is 22.3 Å². The number of aliphatic hydroxyl groups excluding tert-OH is 2. The standard InChI is InChI=1S/C20H26N6O7S2/c1-26(4-3-11(27)12(28)6-26)5-9-7-34-18-14(17(30)25(18)15(9)19(31)32)23-16(29)13(24-33-2)10-8-35-20(21)22-10/h8,11-12,14,18,27-28H,3-7H2,1-2H3,(H3-,21,22,23,29,31,32)/p+1/b24-13-/t11-,12-,14+,18+,26?/m0/s1. The number of nitrogens with one attached hydrogen (secondary N) is 1. The maximum atomic E-state index is 13.0. The molecule has 0 saturated carbocycles. The maximum Gasteiger partial charge on any atom is 0.352 e. The van der Waals surface area contributed by atoms with Crippen molar-refractivity contribution in [3.8, 4) is 0 Å². The molecular weight excluding hydrogens is 500 g/mol. The number of carboxylic acids is 1. The minimum absolute atomic E-state index is 0.0951. The van der Waals surface area contributed by atoms with Crippen LogP contribution < -0.4 is 11.1 Å². The number of carbonyl (C=O) groups excluding carboxylic acids is 2. The number of carboxylic acid groups (broad SMARTS) is 1. The van der Waals surface area contributed by atoms with Gasteiger partial charge in [0.25, 0.3) is 11.8 Å². The van der Waals surface area contributed by atoms with E-state index in [4.69, 9.17) is 10.6 Å². The Morgan fingerprint density at radius 3 is 2.74 bits per heavy atom. The fourth-order valence-electron chi connectivity index (χ4n) is 4.61. The molecular formula is C20H27N6O7S2+. The average Bonchev–Trinajstić information content (AvgIpc) is 3.23. The molecule has 0 radical (unpaired) electrons. The van der Waals surface area contributed by atoms with Crippen molar-refractivity contribution in [2.45, 2.75) is 30.0 Å². The SMILES string of the molecule is CO/N=C(\C(=O)N[C@@H]1C(=O)N2C(C(=O)O)=C(C[N+]3(C)CC[C@H](O)[C@@H](O)C3)CS[C@H]12)c1csc(N)n1. The second kappa shape index (κ2) is 9.73. The van der Waals surface area contributed by atoms with Gasteiger partial charge in [-0.25, -0.2) is 9.78 Å². The van der Waals surface area contributed by atoms with Gasteiger partial charge in [-0.2, -0.15) is 0 Å². The number of aliphatic hydroxyl groups is 2. The van der Waals surface area contributed by atoms with Crippen LogP contribution in [0.25, 0.3) is 0 Å². The number of aromatic nitrogens is 1. The summed E-state index contributed by atoms with van der Waals surface area (Å²) in [4.78, 5) is 48.0. The number of nitrogen functional groups attached to an aromatic ring is 1. The number of amides is 2. The zero-order chi connectivity index (χ0) is 25.5. The molecule has 1 aromatic rings. The van der Waals surface area contributed by atoms with Gasteiger partial charge in [0.15, 0.2) is 10.8 Å². The van der Waals surface area contributed by atoms with Gasteiger partial charge in [0.1, 0.15) is 49.1 Å². The third-order valence-electron chi connectivity index (χ3n) is 6.31. The number of likely N-dealkylation sites (N-methyl/N-ethyl adjacent to an activating group) is 1. The van der Waals surface area contributed by atoms with Crippen LogP contribution in [0, 0.1) is 0 Å². The van der Waals surface area contributed by atoms with Crippen LogP contribution in [0.5, 0.6) is 0 Å². The number of thiazole rings is 1. The molecule has 2 saturated heterocycles. The Morgan fingerprint density at radius 2 is 2.14 bits per heavy atom. The van der Waals surface area contributed by atoms with Crippen molar-refractivity contribution in [2.75, 3.05) is 45.3 Å². The minimum Gasteiger partial charge on any atom is -0.477 e. The van der Waals surface area contributed by atoms with E-state index in [1.807, 2.05) is 7.05 Å². The number of piperidine rings is 1. The molecule has 0 aliphatic carbocycles. The van der Waals surface area contributed by atoms with Crippen LogP contribution in [0.1, 0.15) is 12.1 Å². The molecule has 0 aromatic carbocycles. The highest BCUT2D eigenvalue weighted by Crippen LogP contribution is 2.41. The molecule has 15 heteroatoms. The van der Waals surface area contributed by atoms with E-state index in [0.29, 0.717) is 35.3 Å². The van der Waals surface area contributed by atoms with Crippen molar-refractivity contribution in [1.82, 2.24) is 15.2 Å². The Bertz CT molecular complexity index is 1110. The summed E-state index contributed by atoms with van der Waals surface area (Å²) in [5.41, 5.74) is 6.16. The lowest BCUT2D eigenvalue weighted by atomic mass is 9.99. The summed E-state index contributed by atoms with van der Waals surface area (Å²) in [5.74, 6) is -2.12. The first-order valence-electron chi connectivity index (χ1n) is 10.8. The van der Waals surface area contributed by atoms with E-state index in [-0.39, 0.29) is 28.8 Å². The second-order valence-electron chi connectivity index (χ2n) is 8.92. The number of rotatable bonds is 7. The number of likely N-dealkylation sites (tertiary alicyclic amines) is 1. The van der Waals surface area contributed by atoms with Gasteiger partial charge in [-0.05, 0) is 0 Å². The van der Waals surface area contributed by atoms with Crippen molar-refractivity contribution in [2.24, 2.45) is 5.16 Å². The predicted octanol–water partition coefficient (Wildman–Crippen LogP) is -1.61. The summed E-state index contributed by atoms with van der Waals surface area (Å²) in [6.07, 6.45) is -1.30. The maximum absolute atomic E-state index is 13.0. The van der Waals surface area contributed by atoms with Gasteiger partial charge in [0.2, 0.25) is 0 Å². The van der Waals surface area contributed by atoms with Crippen LogP contribution in [-0.2, 0) is 19.2 Å². The number of hydrogen-bond acceptors (Lipinski definition) is 11. The third-order valence-corrected chi connectivity index (χ3v) is 8.32. The quantitative estimate of drug-likeness (QED) is 0.119. The highest BCUT2D eigenvalue weighted by atomic mass is 32.2. The molecule has 4 heterocycles. The number of oxime groups is 1. The molecule has 190 valence electrons. The monoisotopic (exact) mass is 527 g/mol. The Kier molecular flexibility index (Phi) is 7.06. The van der Waals surface area contributed by atoms with Crippen LogP contribution in [0.3, 0.4) is 0 Å². The normalized spacial score (nSPS) is 31.0. The lowest BCUT2D eigenvalue weighted by Gasteiger charge is -2.50. The Hall–Kier alpha value is -2.72. The van der Waals surface area contributed by atoms with E-state index >= 15 is 0 Å². The zero-order valence-corrected chi connectivity index (χ0v) is 20.7. The fourth-order valence-corrected chi connectivity index (χ4v) is 6.49. The molecule has 4 rings (SSSR count). The molecule has 3 aliphatic heterocycles. The number of nitrogens with zero attached hydrogens (tertiary/aromatic N) is 4. The van der Waals surface area contributed by atoms with Gasteiger partial charge in [-0.15, -0.1) is 23.1 Å². The van der Waals surface area contributed by atoms with E-state index in [1.165, 1.54) is 29.2 Å². The van der Waals surface area contributed by atoms with E-state index < -0.39 is 41.4 Å². The fraction of sp³-hybridized carbons (Fsp3) is 0.550. The van der Waals surface area contributed by atoms with E-state index in [2.05, 4.69) is 15.5 Å². The topological polar surface area (TPSA) is 188 Å². The van der Waals surface area contributed by atoms with Gasteiger partial charge in [-0.3, -0.25) is 14.5 Å². The first-order valence-corrected chi connectivity index (χ1v) is 12.7. The summed E-state index contributed by atoms with van der Waals surface area (Å²) in [7, 11) is 3.16. The Balaban J connectivity index is 1.51. The smallest absolute Gasteiger partial charge is 0.352 e. The molecule has 3 aliphatic rings. The van der Waals surface area contributed by atoms with Gasteiger partial charge in [-0.1, -0.05) is 5.16 Å². The number of hydrogen-bond donors (Lipinski definition) is 5. The number of fused-ring (bicyclic) bond motifs is 1. The zero-order valence-electron chi connectivity index (χ0n) is 19.1. The largest absolute Gasteiger partial charge is 0.477 e. The molecule has 35 heavy (non-hydrogen) atoms. The Labute approximate surface area is 208 Å². The van der Waals surface area contributed by atoms with Crippen LogP contribution in [0.4, 0.5) is 5.13 Å². The number of aliphatic carboxylic acids is 1. The molecule has 0 spiro atoms. The predicted molar refractivity (Wildman–Crippen MR) is 127 cm³/mol. The van der Waals surface area contributed by atoms with E-state index in [0.717, 1.165) is 11.3 Å². The second-order valence-corrected chi connectivity index (χ2v) is 10.9. The highest BCUT2D eigenvalue weighted by Gasteiger charge is 2.55. The average molecular weight is 528 g/mol. The molecule has 13 nitrogen and oxygen atoms in total. The van der Waals surface area contributed by atoms with Crippen molar-refractivity contribution in [3.63, 3.8) is 0 Å². The minimum atomic E-state index is -1.23. The third kappa shape index (κ3) is 4.86. The lowest BCUT2D eigenvalue weighted by molar-refractivity contribution is -0.914. The summed E-state index contributed by atoms with van der Waals surface area (Å²) in [5, 5.41) is 37.4. The molecule has 5 atom stereocenters. The van der Waals surface area contributed by atoms with Crippen LogP contribution in [-0.4, -0.2) is 116 Å². The van der Waals surface area contributed by atoms with E-state index in [9.17, 15) is 29.7 Å². The number of thioether (sulfide) groups is 1. The number of anilines is 1. The van der Waals surface area contributed by atoms with Gasteiger partial charge in [0.05, 0.1) is 19.7 Å². The summed E-state index contributed by atoms with van der Waals surface area (Å²) >= 11 is 2.47. The van der Waals surface area contributed by atoms with Crippen molar-refractivity contribution < 1.29 is 39.0 Å². The van der Waals surface area contributed by atoms with Gasteiger partial charge in [0, 0.05) is 23.1 Å². The number of carbonyl (C=O) groups is 3. The van der Waals surface area contributed by atoms with Crippen LogP contribution in [0.2, 0.25) is 0 Å². The summed E-state index contributed by atoms with van der Waals surface area (Å²) in [6, 6.07) is -0.946. The number of nitrogens with two attached hydrogens (primary N) is 1. The van der Waals surface area contributed by atoms with E-state index in [1.54, 1.807) is 0 Å². The number of β-lactam (4-membered cyclic amide) rings is 1. The molecule has 1 aromatic heterocycles. The number of quaternary nitrogens is 1. The Morgan fingerprint density at radius 1 is 1.40 bits per heavy atom. The summed E-state index contributed by atoms with van der Waals surface area (Å²) < 4.78 is 0.353. The molecule has 6 N–H and O–H groups in total. The molecule has 2 amide bonds. The molecule has 1 unspecified atom stereocenters. The first-order chi connectivity index (χ1) is 16.5. The lowest BCUT2D eigenvalue weighted by Crippen LogP contribution is -2.71. The molecule has 2 fully saturated rings. The van der Waals surface area contributed by atoms with Gasteiger partial charge >= 0.3 is 5.97 Å². The van der Waals surface area contributed by atoms with Crippen LogP contribution >= 0.6 is 23.1 Å². The van der Waals surface area contributed by atoms with Crippen molar-refractivity contribution >= 4 is 51.7 Å². The van der Waals surface area contributed by atoms with Gasteiger partial charge < -0.3 is 35.7 Å². The van der Waals surface area contributed by atoms with Crippen molar-refractivity contribution in [1.29, 1.82) is 0 Å². The molecule has 0 bridgehead atoms. The first kappa shape index (κ1) is 25.4. The highest BCUT2D eigenvalue weighted by molar-refractivity contribution is 8.00. The van der Waals surface area contributed by atoms with Crippen LogP contribution in [0.15, 0.2) is 21.8 Å². The summed E-state index contributed by atoms with van der Waals surface area (Å²) in [6.45, 7) is 1.17.